The summed E-state index contributed by atoms with van der Waals surface area (Å²) in [5.41, 5.74) is 0. The molecule has 0 unspecified atom stereocenters. The van der Waals surface area contributed by atoms with Crippen molar-refractivity contribution < 1.29 is 0 Å². The van der Waals surface area contributed by atoms with Crippen molar-refractivity contribution in [3.63, 3.8) is 0 Å². The SMILES string of the molecule is [CH2][C@H]1CC[C@@H]([CH2])CC1. The second-order valence-electron chi connectivity index (χ2n) is 2.89. The summed E-state index contributed by atoms with van der Waals surface area (Å²) in [6, 6.07) is 0. The number of hydrogen-bond acceptors (Lipinski definition) is 0. The topological polar surface area (TPSA) is 0 Å². The van der Waals surface area contributed by atoms with Gasteiger partial charge >= 0.3 is 0 Å². The van der Waals surface area contributed by atoms with Gasteiger partial charge < -0.3 is 0 Å². The van der Waals surface area contributed by atoms with Crippen LogP contribution < -0.4 is 0 Å². The van der Waals surface area contributed by atoms with Crippen molar-refractivity contribution in [1.29, 1.82) is 0 Å². The molecular weight excluding hydrogens is 96.1 g/mol. The molecule has 0 saturated heterocycles. The highest BCUT2D eigenvalue weighted by molar-refractivity contribution is 4.74. The summed E-state index contributed by atoms with van der Waals surface area (Å²) in [5, 5.41) is 0. The van der Waals surface area contributed by atoms with E-state index >= 15 is 0 Å². The van der Waals surface area contributed by atoms with Crippen molar-refractivity contribution in [2.75, 3.05) is 0 Å². The van der Waals surface area contributed by atoms with Crippen molar-refractivity contribution in [3.8, 4) is 0 Å². The molecule has 0 atom stereocenters. The molecule has 0 aromatic carbocycles. The summed E-state index contributed by atoms with van der Waals surface area (Å²) in [4.78, 5) is 0. The average Bonchev–Trinajstić information content (AvgIpc) is 1.77. The Bertz CT molecular complexity index is 48.4. The fraction of sp³-hybridized carbons (Fsp3) is 0.750. The Morgan fingerprint density at radius 2 is 1.00 bits per heavy atom. The molecular formula is C8H14. The maximum absolute atomic E-state index is 4.00. The van der Waals surface area contributed by atoms with Crippen LogP contribution >= 0.6 is 0 Å². The standard InChI is InChI=1S/C8H14/c1-7-3-5-8(2)6-4-7/h7-8H,1-6H2/t7-,8+. The number of hydrogen-bond donors (Lipinski definition) is 0. The van der Waals surface area contributed by atoms with Crippen LogP contribution in [0.25, 0.3) is 0 Å². The fourth-order valence-electron chi connectivity index (χ4n) is 1.23. The van der Waals surface area contributed by atoms with E-state index in [0.717, 1.165) is 11.8 Å². The smallest absolute Gasteiger partial charge is 0.0414 e. The third-order valence-electron chi connectivity index (χ3n) is 1.97. The van der Waals surface area contributed by atoms with E-state index in [2.05, 4.69) is 13.8 Å². The van der Waals surface area contributed by atoms with Crippen LogP contribution in [0.4, 0.5) is 0 Å². The van der Waals surface area contributed by atoms with Gasteiger partial charge in [-0.25, -0.2) is 0 Å². The number of rotatable bonds is 0. The first-order valence-corrected chi connectivity index (χ1v) is 3.45. The van der Waals surface area contributed by atoms with Gasteiger partial charge in [0.15, 0.2) is 0 Å². The van der Waals surface area contributed by atoms with Gasteiger partial charge in [0.2, 0.25) is 0 Å². The lowest BCUT2D eigenvalue weighted by Gasteiger charge is -2.22. The molecule has 0 aliphatic heterocycles. The highest BCUT2D eigenvalue weighted by atomic mass is 14.2. The Morgan fingerprint density at radius 3 is 1.25 bits per heavy atom. The minimum Gasteiger partial charge on any atom is -0.0502 e. The van der Waals surface area contributed by atoms with Crippen LogP contribution in [0.15, 0.2) is 0 Å². The van der Waals surface area contributed by atoms with Gasteiger partial charge in [-0.1, -0.05) is 39.5 Å². The van der Waals surface area contributed by atoms with E-state index in [4.69, 9.17) is 0 Å². The summed E-state index contributed by atoms with van der Waals surface area (Å²) < 4.78 is 0. The van der Waals surface area contributed by atoms with E-state index < -0.39 is 0 Å². The lowest BCUT2D eigenvalue weighted by atomic mass is 9.84. The van der Waals surface area contributed by atoms with Gasteiger partial charge in [0.25, 0.3) is 0 Å². The first-order valence-electron chi connectivity index (χ1n) is 3.45. The van der Waals surface area contributed by atoms with Crippen LogP contribution in [-0.4, -0.2) is 0 Å². The maximum atomic E-state index is 4.00. The van der Waals surface area contributed by atoms with Gasteiger partial charge in [-0.2, -0.15) is 0 Å². The molecule has 0 aromatic heterocycles. The Balaban J connectivity index is 2.19. The Kier molecular flexibility index (Phi) is 1.93. The normalized spacial score (nSPS) is 39.8. The van der Waals surface area contributed by atoms with Crippen LogP contribution in [0.3, 0.4) is 0 Å². The van der Waals surface area contributed by atoms with E-state index in [1.54, 1.807) is 0 Å². The monoisotopic (exact) mass is 110 g/mol. The van der Waals surface area contributed by atoms with Gasteiger partial charge in [-0.05, 0) is 11.8 Å². The lowest BCUT2D eigenvalue weighted by molar-refractivity contribution is 0.352. The van der Waals surface area contributed by atoms with Crippen LogP contribution in [0.1, 0.15) is 25.7 Å². The second kappa shape index (κ2) is 2.52. The quantitative estimate of drug-likeness (QED) is 0.449. The van der Waals surface area contributed by atoms with Gasteiger partial charge in [0.1, 0.15) is 0 Å². The average molecular weight is 110 g/mol. The van der Waals surface area contributed by atoms with Crippen molar-refractivity contribution >= 4 is 0 Å². The summed E-state index contributed by atoms with van der Waals surface area (Å²) in [6.07, 6.45) is 5.20. The molecule has 0 amide bonds. The van der Waals surface area contributed by atoms with Crippen LogP contribution in [-0.2, 0) is 0 Å². The minimum atomic E-state index is 0.730. The molecule has 8 heavy (non-hydrogen) atoms. The van der Waals surface area contributed by atoms with Gasteiger partial charge in [-0.15, -0.1) is 0 Å². The first-order chi connectivity index (χ1) is 3.79. The van der Waals surface area contributed by atoms with Gasteiger partial charge in [0.05, 0.1) is 0 Å². The van der Waals surface area contributed by atoms with E-state index in [-0.39, 0.29) is 0 Å². The van der Waals surface area contributed by atoms with Crippen molar-refractivity contribution in [1.82, 2.24) is 0 Å². The highest BCUT2D eigenvalue weighted by Crippen LogP contribution is 2.26. The molecule has 1 aliphatic carbocycles. The van der Waals surface area contributed by atoms with E-state index in [1.165, 1.54) is 25.7 Å². The molecule has 46 valence electrons. The molecule has 0 N–H and O–H groups in total. The summed E-state index contributed by atoms with van der Waals surface area (Å²) in [6.45, 7) is 8.01. The molecule has 0 nitrogen and oxygen atoms in total. The van der Waals surface area contributed by atoms with Gasteiger partial charge in [0, 0.05) is 0 Å². The van der Waals surface area contributed by atoms with Crippen molar-refractivity contribution in [3.05, 3.63) is 13.8 Å². The molecule has 0 heteroatoms. The molecule has 1 rings (SSSR count). The minimum absolute atomic E-state index is 0.730. The molecule has 0 bridgehead atoms. The van der Waals surface area contributed by atoms with Crippen LogP contribution in [0.5, 0.6) is 0 Å². The van der Waals surface area contributed by atoms with Gasteiger partial charge in [-0.3, -0.25) is 0 Å². The molecule has 0 spiro atoms. The van der Waals surface area contributed by atoms with E-state index in [9.17, 15) is 0 Å². The van der Waals surface area contributed by atoms with Crippen molar-refractivity contribution in [2.45, 2.75) is 25.7 Å². The summed E-state index contributed by atoms with van der Waals surface area (Å²) in [7, 11) is 0. The highest BCUT2D eigenvalue weighted by Gasteiger charge is 2.13. The fourth-order valence-corrected chi connectivity index (χ4v) is 1.23. The Labute approximate surface area is 52.3 Å². The zero-order chi connectivity index (χ0) is 5.98. The maximum Gasteiger partial charge on any atom is -0.0414 e. The predicted molar refractivity (Wildman–Crippen MR) is 36.2 cm³/mol. The molecule has 1 saturated carbocycles. The lowest BCUT2D eigenvalue weighted by Crippen LogP contribution is -2.09. The third kappa shape index (κ3) is 1.50. The zero-order valence-electron chi connectivity index (χ0n) is 5.40. The molecule has 0 aromatic rings. The van der Waals surface area contributed by atoms with E-state index in [1.807, 2.05) is 0 Å². The second-order valence-corrected chi connectivity index (χ2v) is 2.89. The third-order valence-corrected chi connectivity index (χ3v) is 1.97. The predicted octanol–water partition coefficient (Wildman–Crippen LogP) is 2.46. The molecule has 2 radical (unpaired) electrons. The largest absolute Gasteiger partial charge is 0.0502 e. The molecule has 0 heterocycles. The Morgan fingerprint density at radius 1 is 0.750 bits per heavy atom. The first kappa shape index (κ1) is 6.12. The Hall–Kier alpha value is 0. The van der Waals surface area contributed by atoms with E-state index in [0.29, 0.717) is 0 Å². The zero-order valence-corrected chi connectivity index (χ0v) is 5.40. The van der Waals surface area contributed by atoms with Crippen LogP contribution in [0, 0.1) is 25.7 Å². The summed E-state index contributed by atoms with van der Waals surface area (Å²) in [5.74, 6) is 1.46. The van der Waals surface area contributed by atoms with Crippen molar-refractivity contribution in [2.24, 2.45) is 11.8 Å². The molecule has 1 fully saturated rings. The van der Waals surface area contributed by atoms with Crippen LogP contribution in [0.2, 0.25) is 0 Å². The molecule has 1 aliphatic rings. The summed E-state index contributed by atoms with van der Waals surface area (Å²) >= 11 is 0.